The molecule has 2 aromatic rings. The lowest BCUT2D eigenvalue weighted by Crippen LogP contribution is -2.13. The summed E-state index contributed by atoms with van der Waals surface area (Å²) < 4.78 is 0. The summed E-state index contributed by atoms with van der Waals surface area (Å²) in [6, 6.07) is 13.5. The highest BCUT2D eigenvalue weighted by molar-refractivity contribution is 6.00. The molecule has 2 aromatic carbocycles. The summed E-state index contributed by atoms with van der Waals surface area (Å²) in [6.45, 7) is 3.98. The number of benzene rings is 2. The summed E-state index contributed by atoms with van der Waals surface area (Å²) in [6.07, 6.45) is 0. The monoisotopic (exact) mass is 240 g/mol. The Morgan fingerprint density at radius 3 is 2.33 bits per heavy atom. The van der Waals surface area contributed by atoms with Crippen LogP contribution in [0.1, 0.15) is 21.5 Å². The number of primary amides is 1. The molecule has 2 rings (SSSR count). The molecule has 1 amide bonds. The van der Waals surface area contributed by atoms with Crippen molar-refractivity contribution in [3.63, 3.8) is 0 Å². The van der Waals surface area contributed by atoms with Crippen LogP contribution in [0.4, 0.5) is 11.4 Å². The molecule has 0 atom stereocenters. The Labute approximate surface area is 107 Å². The maximum atomic E-state index is 11.4. The van der Waals surface area contributed by atoms with E-state index in [1.165, 1.54) is 5.56 Å². The summed E-state index contributed by atoms with van der Waals surface area (Å²) in [4.78, 5) is 11.4. The van der Waals surface area contributed by atoms with E-state index in [0.29, 0.717) is 5.56 Å². The number of rotatable bonds is 3. The minimum atomic E-state index is -0.423. The molecule has 0 bridgehead atoms. The highest BCUT2D eigenvalue weighted by Crippen LogP contribution is 2.24. The minimum absolute atomic E-state index is 0.423. The number of anilines is 2. The van der Waals surface area contributed by atoms with Gasteiger partial charge in [0.25, 0.3) is 5.91 Å². The van der Waals surface area contributed by atoms with Crippen molar-refractivity contribution in [2.45, 2.75) is 13.8 Å². The lowest BCUT2D eigenvalue weighted by molar-refractivity contribution is 0.100. The molecular formula is C15H16N2O. The Hall–Kier alpha value is -2.29. The first kappa shape index (κ1) is 12.2. The van der Waals surface area contributed by atoms with Gasteiger partial charge >= 0.3 is 0 Å². The SMILES string of the molecule is Cc1ccc(Nc2c(C)cccc2C(N)=O)cc1. The molecule has 18 heavy (non-hydrogen) atoms. The molecule has 0 unspecified atom stereocenters. The summed E-state index contributed by atoms with van der Waals surface area (Å²) in [5.41, 5.74) is 9.79. The first-order valence-corrected chi connectivity index (χ1v) is 5.81. The van der Waals surface area contributed by atoms with Crippen molar-refractivity contribution in [2.24, 2.45) is 5.73 Å². The van der Waals surface area contributed by atoms with Crippen LogP contribution in [0, 0.1) is 13.8 Å². The Morgan fingerprint density at radius 1 is 1.06 bits per heavy atom. The van der Waals surface area contributed by atoms with Gasteiger partial charge in [0.05, 0.1) is 11.3 Å². The Bertz CT molecular complexity index is 574. The van der Waals surface area contributed by atoms with E-state index < -0.39 is 5.91 Å². The molecule has 3 N–H and O–H groups in total. The molecule has 0 saturated carbocycles. The second-order valence-electron chi connectivity index (χ2n) is 4.35. The van der Waals surface area contributed by atoms with Crippen LogP contribution in [0.5, 0.6) is 0 Å². The van der Waals surface area contributed by atoms with Gasteiger partial charge in [0.15, 0.2) is 0 Å². The van der Waals surface area contributed by atoms with Crippen LogP contribution < -0.4 is 11.1 Å². The number of hydrogen-bond donors (Lipinski definition) is 2. The van der Waals surface area contributed by atoms with E-state index >= 15 is 0 Å². The summed E-state index contributed by atoms with van der Waals surface area (Å²) in [5, 5.41) is 3.25. The first-order valence-electron chi connectivity index (χ1n) is 5.81. The number of carbonyl (C=O) groups is 1. The Balaban J connectivity index is 2.39. The fourth-order valence-corrected chi connectivity index (χ4v) is 1.82. The average molecular weight is 240 g/mol. The van der Waals surface area contributed by atoms with Gasteiger partial charge in [0, 0.05) is 5.69 Å². The zero-order valence-electron chi connectivity index (χ0n) is 10.5. The van der Waals surface area contributed by atoms with Crippen LogP contribution in [0.15, 0.2) is 42.5 Å². The molecule has 0 aliphatic rings. The fraction of sp³-hybridized carbons (Fsp3) is 0.133. The predicted octanol–water partition coefficient (Wildman–Crippen LogP) is 3.15. The Kier molecular flexibility index (Phi) is 3.33. The van der Waals surface area contributed by atoms with Gasteiger partial charge in [0.1, 0.15) is 0 Å². The molecule has 92 valence electrons. The molecule has 0 fully saturated rings. The van der Waals surface area contributed by atoms with Crippen LogP contribution >= 0.6 is 0 Å². The molecule has 3 heteroatoms. The van der Waals surface area contributed by atoms with Crippen LogP contribution in [0.2, 0.25) is 0 Å². The van der Waals surface area contributed by atoms with Gasteiger partial charge < -0.3 is 11.1 Å². The number of amides is 1. The quantitative estimate of drug-likeness (QED) is 0.865. The molecule has 0 radical (unpaired) electrons. The van der Waals surface area contributed by atoms with E-state index in [1.807, 2.05) is 50.2 Å². The van der Waals surface area contributed by atoms with Crippen molar-refractivity contribution in [3.8, 4) is 0 Å². The highest BCUT2D eigenvalue weighted by Gasteiger charge is 2.10. The van der Waals surface area contributed by atoms with Crippen molar-refractivity contribution < 1.29 is 4.79 Å². The molecule has 0 heterocycles. The first-order chi connectivity index (χ1) is 8.58. The molecule has 0 spiro atoms. The van der Waals surface area contributed by atoms with Gasteiger partial charge in [-0.25, -0.2) is 0 Å². The van der Waals surface area contributed by atoms with Crippen molar-refractivity contribution in [1.29, 1.82) is 0 Å². The molecule has 3 nitrogen and oxygen atoms in total. The van der Waals surface area contributed by atoms with E-state index in [9.17, 15) is 4.79 Å². The predicted molar refractivity (Wildman–Crippen MR) is 74.2 cm³/mol. The van der Waals surface area contributed by atoms with Gasteiger partial charge in [-0.1, -0.05) is 29.8 Å². The van der Waals surface area contributed by atoms with Gasteiger partial charge in [-0.2, -0.15) is 0 Å². The lowest BCUT2D eigenvalue weighted by Gasteiger charge is -2.13. The third-order valence-corrected chi connectivity index (χ3v) is 2.86. The zero-order chi connectivity index (χ0) is 13.1. The average Bonchev–Trinajstić information content (AvgIpc) is 2.34. The smallest absolute Gasteiger partial charge is 0.250 e. The molecule has 0 aliphatic carbocycles. The lowest BCUT2D eigenvalue weighted by atomic mass is 10.1. The molecule has 0 saturated heterocycles. The molecule has 0 aliphatic heterocycles. The van der Waals surface area contributed by atoms with E-state index in [0.717, 1.165) is 16.9 Å². The second kappa shape index (κ2) is 4.92. The topological polar surface area (TPSA) is 55.1 Å². The van der Waals surface area contributed by atoms with E-state index in [1.54, 1.807) is 6.07 Å². The van der Waals surface area contributed by atoms with E-state index in [2.05, 4.69) is 5.32 Å². The van der Waals surface area contributed by atoms with Crippen LogP contribution in [-0.2, 0) is 0 Å². The number of hydrogen-bond acceptors (Lipinski definition) is 2. The number of aryl methyl sites for hydroxylation is 2. The Morgan fingerprint density at radius 2 is 1.72 bits per heavy atom. The minimum Gasteiger partial charge on any atom is -0.366 e. The third-order valence-electron chi connectivity index (χ3n) is 2.86. The number of carbonyl (C=O) groups excluding carboxylic acids is 1. The highest BCUT2D eigenvalue weighted by atomic mass is 16.1. The van der Waals surface area contributed by atoms with Gasteiger partial charge in [-0.15, -0.1) is 0 Å². The molecule has 0 aromatic heterocycles. The number of para-hydroxylation sites is 1. The van der Waals surface area contributed by atoms with Crippen LogP contribution in [0.3, 0.4) is 0 Å². The standard InChI is InChI=1S/C15H16N2O/c1-10-6-8-12(9-7-10)17-14-11(2)4-3-5-13(14)15(16)18/h3-9,17H,1-2H3,(H2,16,18). The van der Waals surface area contributed by atoms with Crippen molar-refractivity contribution in [1.82, 2.24) is 0 Å². The third kappa shape index (κ3) is 2.51. The van der Waals surface area contributed by atoms with Crippen LogP contribution in [-0.4, -0.2) is 5.91 Å². The van der Waals surface area contributed by atoms with E-state index in [4.69, 9.17) is 5.73 Å². The van der Waals surface area contributed by atoms with Gasteiger partial charge in [0.2, 0.25) is 0 Å². The largest absolute Gasteiger partial charge is 0.366 e. The summed E-state index contributed by atoms with van der Waals surface area (Å²) in [7, 11) is 0. The van der Waals surface area contributed by atoms with Gasteiger partial charge in [-0.3, -0.25) is 4.79 Å². The van der Waals surface area contributed by atoms with Crippen molar-refractivity contribution in [3.05, 3.63) is 59.2 Å². The number of nitrogens with two attached hydrogens (primary N) is 1. The van der Waals surface area contributed by atoms with Crippen molar-refractivity contribution >= 4 is 17.3 Å². The van der Waals surface area contributed by atoms with E-state index in [-0.39, 0.29) is 0 Å². The fourth-order valence-electron chi connectivity index (χ4n) is 1.82. The maximum Gasteiger partial charge on any atom is 0.250 e. The second-order valence-corrected chi connectivity index (χ2v) is 4.35. The maximum absolute atomic E-state index is 11.4. The summed E-state index contributed by atoms with van der Waals surface area (Å²) >= 11 is 0. The van der Waals surface area contributed by atoms with Crippen molar-refractivity contribution in [2.75, 3.05) is 5.32 Å². The normalized spacial score (nSPS) is 10.1. The van der Waals surface area contributed by atoms with Gasteiger partial charge in [-0.05, 0) is 37.6 Å². The molecular weight excluding hydrogens is 224 g/mol. The van der Waals surface area contributed by atoms with Crippen LogP contribution in [0.25, 0.3) is 0 Å². The zero-order valence-corrected chi connectivity index (χ0v) is 10.5. The summed E-state index contributed by atoms with van der Waals surface area (Å²) in [5.74, 6) is -0.423. The number of nitrogens with one attached hydrogen (secondary N) is 1.